The number of H-pyrrole nitrogens is 1. The van der Waals surface area contributed by atoms with E-state index in [4.69, 9.17) is 14.2 Å². The minimum atomic E-state index is -0.970. The number of esters is 2. The first kappa shape index (κ1) is 28.6. The second kappa shape index (κ2) is 12.1. The Balaban J connectivity index is 0.000000252. The predicted octanol–water partition coefficient (Wildman–Crippen LogP) is 4.02. The summed E-state index contributed by atoms with van der Waals surface area (Å²) >= 11 is 0. The molecule has 3 aromatic rings. The van der Waals surface area contributed by atoms with Gasteiger partial charge in [0.1, 0.15) is 5.75 Å². The summed E-state index contributed by atoms with van der Waals surface area (Å²) in [6.45, 7) is 5.20. The summed E-state index contributed by atoms with van der Waals surface area (Å²) < 4.78 is 14.8. The topological polar surface area (TPSA) is 150 Å². The van der Waals surface area contributed by atoms with Crippen molar-refractivity contribution in [1.29, 1.82) is 0 Å². The molecule has 1 aromatic heterocycles. The van der Waals surface area contributed by atoms with E-state index in [1.807, 2.05) is 25.1 Å². The Morgan fingerprint density at radius 1 is 0.897 bits per heavy atom. The number of dihydropyridines is 1. The third kappa shape index (κ3) is 5.82. The number of carbonyl (C=O) groups excluding carboxylic acids is 2. The van der Waals surface area contributed by atoms with Gasteiger partial charge in [0.15, 0.2) is 0 Å². The van der Waals surface area contributed by atoms with Crippen molar-refractivity contribution in [2.45, 2.75) is 26.7 Å². The number of nitrogens with zero attached hydrogens (tertiary/aromatic N) is 1. The molecule has 0 bridgehead atoms. The molecule has 2 N–H and O–H groups in total. The van der Waals surface area contributed by atoms with E-state index in [-0.39, 0.29) is 28.0 Å². The number of ether oxygens (including phenoxy) is 3. The number of nitrogens with one attached hydrogen (secondary N) is 2. The standard InChI is InChI=1S/C17H18N2O6.C11H11NO2/c1-9-13(16(20)24-3)15(14(10(2)18-9)17(21)25-4)11-7-5-6-8-12(11)19(22)23;1-7-6-10(13)12-11-8(7)4-3-5-9(11)14-2/h5-8,15,18H,1-4H3;3-6H,1-2H3,(H,12,13). The summed E-state index contributed by atoms with van der Waals surface area (Å²) in [4.78, 5) is 49.6. The number of aryl methyl sites for hydroxylation is 1. The van der Waals surface area contributed by atoms with Gasteiger partial charge in [0.05, 0.1) is 48.8 Å². The normalized spacial score (nSPS) is 13.3. The zero-order valence-corrected chi connectivity index (χ0v) is 22.4. The first-order valence-electron chi connectivity index (χ1n) is 11.8. The van der Waals surface area contributed by atoms with Gasteiger partial charge < -0.3 is 24.5 Å². The van der Waals surface area contributed by atoms with Gasteiger partial charge in [-0.1, -0.05) is 30.3 Å². The van der Waals surface area contributed by atoms with Crippen LogP contribution in [0.15, 0.2) is 75.9 Å². The molecule has 0 fully saturated rings. The van der Waals surface area contributed by atoms with Crippen molar-refractivity contribution in [3.05, 3.63) is 103 Å². The van der Waals surface area contributed by atoms with Crippen molar-refractivity contribution in [3.63, 3.8) is 0 Å². The fourth-order valence-corrected chi connectivity index (χ4v) is 4.56. The van der Waals surface area contributed by atoms with Gasteiger partial charge in [-0.25, -0.2) is 9.59 Å². The number of rotatable bonds is 5. The molecule has 1 aliphatic heterocycles. The number of benzene rings is 2. The summed E-state index contributed by atoms with van der Waals surface area (Å²) in [6, 6.07) is 13.3. The molecule has 1 aliphatic rings. The van der Waals surface area contributed by atoms with Crippen LogP contribution in [0.25, 0.3) is 10.9 Å². The van der Waals surface area contributed by atoms with Crippen LogP contribution < -0.4 is 15.6 Å². The van der Waals surface area contributed by atoms with Crippen molar-refractivity contribution in [3.8, 4) is 5.75 Å². The Labute approximate surface area is 224 Å². The maximum Gasteiger partial charge on any atom is 0.336 e. The van der Waals surface area contributed by atoms with Crippen LogP contribution in [0.1, 0.15) is 30.9 Å². The molecule has 0 radical (unpaired) electrons. The third-order valence-electron chi connectivity index (χ3n) is 6.28. The van der Waals surface area contributed by atoms with Gasteiger partial charge in [-0.2, -0.15) is 0 Å². The van der Waals surface area contributed by atoms with Crippen LogP contribution in [0, 0.1) is 17.0 Å². The Morgan fingerprint density at radius 3 is 2.03 bits per heavy atom. The summed E-state index contributed by atoms with van der Waals surface area (Å²) in [5, 5.41) is 15.4. The van der Waals surface area contributed by atoms with Crippen molar-refractivity contribution in [1.82, 2.24) is 10.3 Å². The molecular formula is C28H29N3O8. The van der Waals surface area contributed by atoms with Crippen LogP contribution in [0.4, 0.5) is 5.69 Å². The third-order valence-corrected chi connectivity index (χ3v) is 6.28. The predicted molar refractivity (Wildman–Crippen MR) is 144 cm³/mol. The fraction of sp³-hybridized carbons (Fsp3) is 0.250. The van der Waals surface area contributed by atoms with Crippen molar-refractivity contribution >= 4 is 28.5 Å². The van der Waals surface area contributed by atoms with Crippen LogP contribution in [-0.2, 0) is 19.1 Å². The molecule has 2 aromatic carbocycles. The van der Waals surface area contributed by atoms with Gasteiger partial charge >= 0.3 is 11.9 Å². The monoisotopic (exact) mass is 535 g/mol. The number of allylic oxidation sites excluding steroid dienone is 2. The molecule has 204 valence electrons. The van der Waals surface area contributed by atoms with Crippen molar-refractivity contribution in [2.75, 3.05) is 21.3 Å². The molecule has 0 amide bonds. The Morgan fingerprint density at radius 2 is 1.49 bits per heavy atom. The number of nitro benzene ring substituents is 1. The number of methoxy groups -OCH3 is 3. The number of nitro groups is 1. The summed E-state index contributed by atoms with van der Waals surface area (Å²) in [5.41, 5.74) is 2.82. The minimum Gasteiger partial charge on any atom is -0.495 e. The second-order valence-electron chi connectivity index (χ2n) is 8.63. The van der Waals surface area contributed by atoms with Gasteiger partial charge in [-0.15, -0.1) is 0 Å². The summed E-state index contributed by atoms with van der Waals surface area (Å²) in [6.07, 6.45) is 0. The molecular weight excluding hydrogens is 506 g/mol. The number of pyridine rings is 1. The van der Waals surface area contributed by atoms with E-state index in [0.717, 1.165) is 16.5 Å². The first-order chi connectivity index (χ1) is 18.5. The van der Waals surface area contributed by atoms with E-state index >= 15 is 0 Å². The Kier molecular flexibility index (Phi) is 8.87. The molecule has 0 atom stereocenters. The molecule has 11 heteroatoms. The summed E-state index contributed by atoms with van der Waals surface area (Å²) in [7, 11) is 4.01. The molecule has 0 saturated heterocycles. The average Bonchev–Trinajstić information content (AvgIpc) is 2.91. The molecule has 0 saturated carbocycles. The number of hydrogen-bond acceptors (Lipinski definition) is 9. The largest absolute Gasteiger partial charge is 0.495 e. The fourth-order valence-electron chi connectivity index (χ4n) is 4.56. The first-order valence-corrected chi connectivity index (χ1v) is 11.8. The van der Waals surface area contributed by atoms with E-state index in [9.17, 15) is 24.5 Å². The number of aromatic nitrogens is 1. The van der Waals surface area contributed by atoms with E-state index in [2.05, 4.69) is 10.3 Å². The van der Waals surface area contributed by atoms with Gasteiger partial charge in [0.2, 0.25) is 5.56 Å². The lowest BCUT2D eigenvalue weighted by molar-refractivity contribution is -0.385. The molecule has 39 heavy (non-hydrogen) atoms. The quantitative estimate of drug-likeness (QED) is 0.280. The minimum absolute atomic E-state index is 0.0977. The van der Waals surface area contributed by atoms with Crippen LogP contribution in [-0.4, -0.2) is 43.2 Å². The molecule has 11 nitrogen and oxygen atoms in total. The van der Waals surface area contributed by atoms with Crippen LogP contribution in [0.5, 0.6) is 5.75 Å². The number of hydrogen-bond donors (Lipinski definition) is 2. The van der Waals surface area contributed by atoms with Crippen molar-refractivity contribution < 1.29 is 28.7 Å². The van der Waals surface area contributed by atoms with Crippen LogP contribution >= 0.6 is 0 Å². The van der Waals surface area contributed by atoms with Gasteiger partial charge in [0, 0.05) is 34.5 Å². The number of carbonyl (C=O) groups is 2. The lowest BCUT2D eigenvalue weighted by atomic mass is 9.79. The molecule has 0 spiro atoms. The highest BCUT2D eigenvalue weighted by molar-refractivity contribution is 6.00. The summed E-state index contributed by atoms with van der Waals surface area (Å²) in [5.74, 6) is -1.63. The smallest absolute Gasteiger partial charge is 0.336 e. The average molecular weight is 536 g/mol. The lowest BCUT2D eigenvalue weighted by Crippen LogP contribution is -2.32. The molecule has 0 unspecified atom stereocenters. The zero-order chi connectivity index (χ0) is 28.9. The maximum absolute atomic E-state index is 12.3. The maximum atomic E-state index is 12.3. The Hall–Kier alpha value is -4.93. The van der Waals surface area contributed by atoms with E-state index in [1.54, 1.807) is 33.1 Å². The zero-order valence-electron chi connectivity index (χ0n) is 22.4. The SMILES string of the molecule is COC(=O)C1=C(C)NC(C)=C(C(=O)OC)C1c1ccccc1[N+](=O)[O-].COc1cccc2c(C)cc(=O)[nH]c12. The van der Waals surface area contributed by atoms with E-state index < -0.39 is 22.8 Å². The van der Waals surface area contributed by atoms with Crippen molar-refractivity contribution in [2.24, 2.45) is 0 Å². The number of aromatic amines is 1. The van der Waals surface area contributed by atoms with Gasteiger partial charge in [0.25, 0.3) is 5.69 Å². The Bertz CT molecular complexity index is 1530. The van der Waals surface area contributed by atoms with Gasteiger partial charge in [-0.3, -0.25) is 14.9 Å². The highest BCUT2D eigenvalue weighted by atomic mass is 16.6. The molecule has 0 aliphatic carbocycles. The number of fused-ring (bicyclic) bond motifs is 1. The van der Waals surface area contributed by atoms with Gasteiger partial charge in [-0.05, 0) is 32.4 Å². The van der Waals surface area contributed by atoms with Crippen LogP contribution in [0.3, 0.4) is 0 Å². The lowest BCUT2D eigenvalue weighted by Gasteiger charge is -2.29. The van der Waals surface area contributed by atoms with E-state index in [1.165, 1.54) is 32.4 Å². The molecule has 4 rings (SSSR count). The van der Waals surface area contributed by atoms with Crippen LogP contribution in [0.2, 0.25) is 0 Å². The highest BCUT2D eigenvalue weighted by Gasteiger charge is 2.40. The number of para-hydroxylation sites is 2. The highest BCUT2D eigenvalue weighted by Crippen LogP contribution is 2.42. The molecule has 2 heterocycles. The van der Waals surface area contributed by atoms with E-state index in [0.29, 0.717) is 17.1 Å². The second-order valence-corrected chi connectivity index (χ2v) is 8.63.